The Labute approximate surface area is 110 Å². The van der Waals surface area contributed by atoms with Crippen molar-refractivity contribution >= 4 is 0 Å². The molecule has 2 atom stereocenters. The largest absolute Gasteiger partial charge is 0.474 e. The predicted molar refractivity (Wildman–Crippen MR) is 73.8 cm³/mol. The summed E-state index contributed by atoms with van der Waals surface area (Å²) in [5.41, 5.74) is 2.30. The van der Waals surface area contributed by atoms with Crippen molar-refractivity contribution in [3.05, 3.63) is 23.4 Å². The predicted octanol–water partition coefficient (Wildman–Crippen LogP) is 3.07. The van der Waals surface area contributed by atoms with Crippen LogP contribution < -0.4 is 10.1 Å². The fourth-order valence-corrected chi connectivity index (χ4v) is 2.62. The summed E-state index contributed by atoms with van der Waals surface area (Å²) in [6.07, 6.45) is 5.42. The van der Waals surface area contributed by atoms with Crippen LogP contribution in [-0.4, -0.2) is 18.1 Å². The van der Waals surface area contributed by atoms with Gasteiger partial charge < -0.3 is 10.1 Å². The molecule has 1 saturated carbocycles. The number of ether oxygens (including phenoxy) is 1. The number of hydrogen-bond acceptors (Lipinski definition) is 3. The van der Waals surface area contributed by atoms with Gasteiger partial charge >= 0.3 is 0 Å². The van der Waals surface area contributed by atoms with E-state index in [1.807, 2.05) is 20.0 Å². The Hall–Kier alpha value is -1.09. The molecule has 18 heavy (non-hydrogen) atoms. The van der Waals surface area contributed by atoms with Gasteiger partial charge in [-0.25, -0.2) is 4.98 Å². The second-order valence-corrected chi connectivity index (χ2v) is 5.34. The van der Waals surface area contributed by atoms with Gasteiger partial charge in [-0.2, -0.15) is 0 Å². The maximum Gasteiger partial charge on any atom is 0.213 e. The fraction of sp³-hybridized carbons (Fsp3) is 0.667. The molecule has 0 amide bonds. The van der Waals surface area contributed by atoms with Crippen LogP contribution in [0.1, 0.15) is 43.9 Å². The van der Waals surface area contributed by atoms with Crippen molar-refractivity contribution in [3.8, 4) is 5.88 Å². The summed E-state index contributed by atoms with van der Waals surface area (Å²) in [6, 6.07) is 4.11. The van der Waals surface area contributed by atoms with Crippen LogP contribution in [0.25, 0.3) is 0 Å². The maximum atomic E-state index is 6.05. The minimum absolute atomic E-state index is 0.348. The van der Waals surface area contributed by atoms with Crippen molar-refractivity contribution in [2.45, 2.75) is 52.2 Å². The van der Waals surface area contributed by atoms with Crippen LogP contribution in [0.4, 0.5) is 0 Å². The molecule has 1 aliphatic rings. The monoisotopic (exact) mass is 248 g/mol. The van der Waals surface area contributed by atoms with Gasteiger partial charge in [0.2, 0.25) is 5.88 Å². The lowest BCUT2D eigenvalue weighted by Gasteiger charge is -2.29. The minimum Gasteiger partial charge on any atom is -0.474 e. The van der Waals surface area contributed by atoms with Gasteiger partial charge in [0.15, 0.2) is 0 Å². The molecule has 3 nitrogen and oxygen atoms in total. The van der Waals surface area contributed by atoms with Crippen LogP contribution in [-0.2, 0) is 6.54 Å². The van der Waals surface area contributed by atoms with Gasteiger partial charge in [0.25, 0.3) is 0 Å². The minimum atomic E-state index is 0.348. The molecule has 100 valence electrons. The van der Waals surface area contributed by atoms with E-state index < -0.39 is 0 Å². The van der Waals surface area contributed by atoms with E-state index in [9.17, 15) is 0 Å². The molecule has 0 saturated heterocycles. The molecule has 1 aromatic heterocycles. The first kappa shape index (κ1) is 13.3. The van der Waals surface area contributed by atoms with Crippen molar-refractivity contribution in [2.24, 2.45) is 5.92 Å². The van der Waals surface area contributed by atoms with Crippen LogP contribution in [0.15, 0.2) is 12.1 Å². The van der Waals surface area contributed by atoms with Crippen LogP contribution in [0.2, 0.25) is 0 Å². The number of hydrogen-bond donors (Lipinski definition) is 1. The number of rotatable bonds is 4. The standard InChI is InChI=1S/C15H24N2O/c1-11-6-4-5-7-14(11)18-15-9-8-13(10-16-3)12(2)17-15/h8-9,11,14,16H,4-7,10H2,1-3H3. The van der Waals surface area contributed by atoms with Crippen molar-refractivity contribution in [2.75, 3.05) is 7.05 Å². The molecule has 0 spiro atoms. The summed E-state index contributed by atoms with van der Waals surface area (Å²) < 4.78 is 6.05. The Morgan fingerprint density at radius 3 is 2.78 bits per heavy atom. The Balaban J connectivity index is 2.02. The molecule has 1 aromatic rings. The summed E-state index contributed by atoms with van der Waals surface area (Å²) in [5, 5.41) is 3.15. The van der Waals surface area contributed by atoms with Crippen LogP contribution >= 0.6 is 0 Å². The molecule has 3 heteroatoms. The Bertz CT molecular complexity index is 392. The first-order chi connectivity index (χ1) is 8.70. The second-order valence-electron chi connectivity index (χ2n) is 5.34. The second kappa shape index (κ2) is 6.19. The maximum absolute atomic E-state index is 6.05. The van der Waals surface area contributed by atoms with Crippen molar-refractivity contribution in [1.29, 1.82) is 0 Å². The molecule has 1 aliphatic carbocycles. The van der Waals surface area contributed by atoms with Crippen LogP contribution in [0.3, 0.4) is 0 Å². The molecule has 1 heterocycles. The molecule has 0 aliphatic heterocycles. The molecular weight excluding hydrogens is 224 g/mol. The average molecular weight is 248 g/mol. The van der Waals surface area contributed by atoms with E-state index in [0.717, 1.165) is 18.1 Å². The van der Waals surface area contributed by atoms with Gasteiger partial charge in [-0.05, 0) is 44.7 Å². The van der Waals surface area contributed by atoms with Gasteiger partial charge in [0.05, 0.1) is 0 Å². The van der Waals surface area contributed by atoms with E-state index >= 15 is 0 Å². The van der Waals surface area contributed by atoms with E-state index in [1.54, 1.807) is 0 Å². The Morgan fingerprint density at radius 2 is 2.11 bits per heavy atom. The SMILES string of the molecule is CNCc1ccc(OC2CCCCC2C)nc1C. The summed E-state index contributed by atoms with van der Waals surface area (Å²) in [5.74, 6) is 1.43. The molecule has 0 aromatic carbocycles. The van der Waals surface area contributed by atoms with Gasteiger partial charge in [-0.3, -0.25) is 0 Å². The van der Waals surface area contributed by atoms with Crippen LogP contribution in [0.5, 0.6) is 5.88 Å². The highest BCUT2D eigenvalue weighted by atomic mass is 16.5. The Kier molecular flexibility index (Phi) is 4.59. The van der Waals surface area contributed by atoms with E-state index in [1.165, 1.54) is 31.2 Å². The summed E-state index contributed by atoms with van der Waals surface area (Å²) in [7, 11) is 1.95. The molecule has 1 N–H and O–H groups in total. The molecule has 1 fully saturated rings. The lowest BCUT2D eigenvalue weighted by atomic mass is 9.88. The third-order valence-corrected chi connectivity index (χ3v) is 3.84. The third-order valence-electron chi connectivity index (χ3n) is 3.84. The fourth-order valence-electron chi connectivity index (χ4n) is 2.62. The van der Waals surface area contributed by atoms with Gasteiger partial charge in [-0.1, -0.05) is 19.4 Å². The molecule has 2 rings (SSSR count). The highest BCUT2D eigenvalue weighted by molar-refractivity contribution is 5.25. The highest BCUT2D eigenvalue weighted by Gasteiger charge is 2.23. The number of pyridine rings is 1. The quantitative estimate of drug-likeness (QED) is 0.889. The Morgan fingerprint density at radius 1 is 1.33 bits per heavy atom. The van der Waals surface area contributed by atoms with E-state index in [4.69, 9.17) is 4.74 Å². The summed E-state index contributed by atoms with van der Waals surface area (Å²) in [6.45, 7) is 5.19. The lowest BCUT2D eigenvalue weighted by Crippen LogP contribution is -2.28. The van der Waals surface area contributed by atoms with Crippen molar-refractivity contribution in [3.63, 3.8) is 0 Å². The lowest BCUT2D eigenvalue weighted by molar-refractivity contribution is 0.0974. The number of aromatic nitrogens is 1. The van der Waals surface area contributed by atoms with E-state index in [2.05, 4.69) is 23.3 Å². The number of aryl methyl sites for hydroxylation is 1. The first-order valence-corrected chi connectivity index (χ1v) is 6.98. The first-order valence-electron chi connectivity index (χ1n) is 6.98. The summed E-state index contributed by atoms with van der Waals surface area (Å²) in [4.78, 5) is 4.56. The zero-order valence-corrected chi connectivity index (χ0v) is 11.7. The normalized spacial score (nSPS) is 23.9. The van der Waals surface area contributed by atoms with Gasteiger partial charge in [-0.15, -0.1) is 0 Å². The van der Waals surface area contributed by atoms with E-state index in [0.29, 0.717) is 12.0 Å². The molecule has 0 bridgehead atoms. The number of nitrogens with one attached hydrogen (secondary N) is 1. The average Bonchev–Trinajstić information content (AvgIpc) is 2.36. The zero-order valence-electron chi connectivity index (χ0n) is 11.7. The van der Waals surface area contributed by atoms with E-state index in [-0.39, 0.29) is 0 Å². The molecular formula is C15H24N2O. The summed E-state index contributed by atoms with van der Waals surface area (Å²) >= 11 is 0. The molecule has 0 radical (unpaired) electrons. The zero-order chi connectivity index (χ0) is 13.0. The number of nitrogens with zero attached hydrogens (tertiary/aromatic N) is 1. The highest BCUT2D eigenvalue weighted by Crippen LogP contribution is 2.27. The van der Waals surface area contributed by atoms with Crippen LogP contribution in [0, 0.1) is 12.8 Å². The smallest absolute Gasteiger partial charge is 0.213 e. The van der Waals surface area contributed by atoms with Gasteiger partial charge in [0.1, 0.15) is 6.10 Å². The molecule has 2 unspecified atom stereocenters. The van der Waals surface area contributed by atoms with Crippen molar-refractivity contribution in [1.82, 2.24) is 10.3 Å². The third kappa shape index (κ3) is 3.22. The van der Waals surface area contributed by atoms with Gasteiger partial charge in [0, 0.05) is 18.3 Å². The topological polar surface area (TPSA) is 34.1 Å². The van der Waals surface area contributed by atoms with Crippen molar-refractivity contribution < 1.29 is 4.74 Å².